The van der Waals surface area contributed by atoms with Gasteiger partial charge in [-0.3, -0.25) is 0 Å². The largest absolute Gasteiger partial charge is 0.380 e. The molecule has 0 heterocycles. The van der Waals surface area contributed by atoms with Gasteiger partial charge in [-0.25, -0.2) is 0 Å². The average molecular weight is 285 g/mol. The zero-order chi connectivity index (χ0) is 14.5. The first kappa shape index (κ1) is 14.7. The highest BCUT2D eigenvalue weighted by atomic mass is 35.5. The number of benzene rings is 2. The molecule has 0 radical (unpaired) electrons. The minimum Gasteiger partial charge on any atom is -0.380 e. The quantitative estimate of drug-likeness (QED) is 0.812. The summed E-state index contributed by atoms with van der Waals surface area (Å²) in [4.78, 5) is 0. The molecule has 1 nitrogen and oxygen atoms in total. The lowest BCUT2D eigenvalue weighted by atomic mass is 10.0. The molecule has 1 N–H and O–H groups in total. The Morgan fingerprint density at radius 2 is 1.40 bits per heavy atom. The first-order valence-electron chi connectivity index (χ1n) is 6.62. The highest BCUT2D eigenvalue weighted by molar-refractivity contribution is 6.30. The van der Waals surface area contributed by atoms with E-state index < -0.39 is 6.10 Å². The second kappa shape index (κ2) is 6.61. The van der Waals surface area contributed by atoms with E-state index in [-0.39, 0.29) is 5.92 Å². The maximum Gasteiger partial charge on any atom is 0.117 e. The van der Waals surface area contributed by atoms with Crippen molar-refractivity contribution in [1.82, 2.24) is 0 Å². The summed E-state index contributed by atoms with van der Waals surface area (Å²) >= 11 is 5.88. The average Bonchev–Trinajstić information content (AvgIpc) is 2.46. The minimum atomic E-state index is -0.578. The second-order valence-electron chi connectivity index (χ2n) is 5.04. The fraction of sp³-hybridized carbons (Fsp3) is 0.222. The van der Waals surface area contributed by atoms with Gasteiger partial charge in [0.05, 0.1) is 0 Å². The summed E-state index contributed by atoms with van der Waals surface area (Å²) < 4.78 is 0. The second-order valence-corrected chi connectivity index (χ2v) is 5.48. The third-order valence-corrected chi connectivity index (χ3v) is 3.31. The number of rotatable bonds is 2. The van der Waals surface area contributed by atoms with Gasteiger partial charge in [-0.15, -0.1) is 0 Å². The third-order valence-electron chi connectivity index (χ3n) is 3.06. The first-order valence-corrected chi connectivity index (χ1v) is 6.99. The van der Waals surface area contributed by atoms with E-state index >= 15 is 0 Å². The maximum atomic E-state index is 9.66. The van der Waals surface area contributed by atoms with Crippen LogP contribution in [-0.4, -0.2) is 11.2 Å². The van der Waals surface area contributed by atoms with Crippen LogP contribution in [0.1, 0.15) is 19.4 Å². The summed E-state index contributed by atoms with van der Waals surface area (Å²) in [7, 11) is 0. The van der Waals surface area contributed by atoms with Crippen LogP contribution in [0.2, 0.25) is 5.02 Å². The van der Waals surface area contributed by atoms with Crippen LogP contribution in [0, 0.1) is 17.8 Å². The predicted molar refractivity (Wildman–Crippen MR) is 84.6 cm³/mol. The van der Waals surface area contributed by atoms with Crippen molar-refractivity contribution in [2.75, 3.05) is 0 Å². The molecule has 0 saturated carbocycles. The molecular formula is C18H17ClO. The summed E-state index contributed by atoms with van der Waals surface area (Å²) in [6, 6.07) is 15.7. The van der Waals surface area contributed by atoms with E-state index in [4.69, 9.17) is 11.6 Å². The molecule has 20 heavy (non-hydrogen) atoms. The molecule has 0 fully saturated rings. The molecule has 1 unspecified atom stereocenters. The normalized spacial score (nSPS) is 11.8. The van der Waals surface area contributed by atoms with Crippen LogP contribution in [0.5, 0.6) is 0 Å². The summed E-state index contributed by atoms with van der Waals surface area (Å²) in [6.45, 7) is 3.89. The lowest BCUT2D eigenvalue weighted by Crippen LogP contribution is -2.11. The lowest BCUT2D eigenvalue weighted by molar-refractivity contribution is 0.181. The van der Waals surface area contributed by atoms with E-state index in [1.165, 1.54) is 0 Å². The van der Waals surface area contributed by atoms with Crippen LogP contribution in [0.25, 0.3) is 11.1 Å². The van der Waals surface area contributed by atoms with Crippen LogP contribution in [-0.2, 0) is 0 Å². The minimum absolute atomic E-state index is 0.149. The van der Waals surface area contributed by atoms with Gasteiger partial charge < -0.3 is 5.11 Å². The van der Waals surface area contributed by atoms with E-state index in [1.807, 2.05) is 62.4 Å². The van der Waals surface area contributed by atoms with Gasteiger partial charge >= 0.3 is 0 Å². The van der Waals surface area contributed by atoms with Gasteiger partial charge in [0.25, 0.3) is 0 Å². The van der Waals surface area contributed by atoms with E-state index in [9.17, 15) is 5.11 Å². The fourth-order valence-electron chi connectivity index (χ4n) is 1.71. The molecule has 2 rings (SSSR count). The van der Waals surface area contributed by atoms with E-state index in [0.29, 0.717) is 0 Å². The van der Waals surface area contributed by atoms with Crippen molar-refractivity contribution in [2.24, 2.45) is 5.92 Å². The molecule has 2 aromatic carbocycles. The molecular weight excluding hydrogens is 268 g/mol. The van der Waals surface area contributed by atoms with Gasteiger partial charge in [-0.1, -0.05) is 61.6 Å². The molecule has 2 aromatic rings. The molecule has 0 bridgehead atoms. The van der Waals surface area contributed by atoms with E-state index in [0.717, 1.165) is 21.7 Å². The molecule has 0 aliphatic carbocycles. The van der Waals surface area contributed by atoms with Crippen LogP contribution in [0.4, 0.5) is 0 Å². The van der Waals surface area contributed by atoms with Crippen LogP contribution >= 0.6 is 11.6 Å². The Kier molecular flexibility index (Phi) is 4.84. The van der Waals surface area contributed by atoms with E-state index in [1.54, 1.807) is 0 Å². The Hall–Kier alpha value is -1.75. The van der Waals surface area contributed by atoms with Crippen molar-refractivity contribution in [1.29, 1.82) is 0 Å². The molecule has 0 amide bonds. The lowest BCUT2D eigenvalue weighted by Gasteiger charge is -2.05. The smallest absolute Gasteiger partial charge is 0.117 e. The van der Waals surface area contributed by atoms with Crippen molar-refractivity contribution in [3.8, 4) is 23.0 Å². The maximum absolute atomic E-state index is 9.66. The van der Waals surface area contributed by atoms with Crippen molar-refractivity contribution in [3.63, 3.8) is 0 Å². The van der Waals surface area contributed by atoms with Crippen LogP contribution < -0.4 is 0 Å². The number of hydrogen-bond acceptors (Lipinski definition) is 1. The molecule has 0 saturated heterocycles. The predicted octanol–water partition coefficient (Wildman–Crippen LogP) is 4.38. The summed E-state index contributed by atoms with van der Waals surface area (Å²) in [5.74, 6) is 5.99. The fourth-order valence-corrected chi connectivity index (χ4v) is 1.84. The monoisotopic (exact) mass is 284 g/mol. The number of halogens is 1. The Bertz CT molecular complexity index is 615. The number of aliphatic hydroxyl groups excluding tert-OH is 1. The molecule has 102 valence electrons. The van der Waals surface area contributed by atoms with E-state index in [2.05, 4.69) is 11.8 Å². The summed E-state index contributed by atoms with van der Waals surface area (Å²) in [6.07, 6.45) is -0.578. The van der Waals surface area contributed by atoms with Gasteiger partial charge in [-0.05, 0) is 41.3 Å². The molecule has 0 spiro atoms. The molecule has 0 aliphatic heterocycles. The molecule has 2 heteroatoms. The Labute approximate surface area is 125 Å². The SMILES string of the molecule is CC(C)C(O)C#Cc1ccc(-c2ccc(Cl)cc2)cc1. The van der Waals surface area contributed by atoms with Gasteiger partial charge in [0.2, 0.25) is 0 Å². The van der Waals surface area contributed by atoms with Crippen LogP contribution in [0.15, 0.2) is 48.5 Å². The Balaban J connectivity index is 2.16. The molecule has 0 aromatic heterocycles. The summed E-state index contributed by atoms with van der Waals surface area (Å²) in [5, 5.41) is 10.4. The molecule has 1 atom stereocenters. The zero-order valence-electron chi connectivity index (χ0n) is 11.6. The van der Waals surface area contributed by atoms with Crippen molar-refractivity contribution in [3.05, 3.63) is 59.1 Å². The summed E-state index contributed by atoms with van der Waals surface area (Å²) in [5.41, 5.74) is 3.15. The highest BCUT2D eigenvalue weighted by Crippen LogP contribution is 2.21. The zero-order valence-corrected chi connectivity index (χ0v) is 12.4. The molecule has 0 aliphatic rings. The van der Waals surface area contributed by atoms with Gasteiger partial charge in [-0.2, -0.15) is 0 Å². The van der Waals surface area contributed by atoms with Gasteiger partial charge in [0.1, 0.15) is 6.10 Å². The van der Waals surface area contributed by atoms with Crippen molar-refractivity contribution in [2.45, 2.75) is 20.0 Å². The van der Waals surface area contributed by atoms with Crippen LogP contribution in [0.3, 0.4) is 0 Å². The van der Waals surface area contributed by atoms with Crippen molar-refractivity contribution >= 4 is 11.6 Å². The standard InChI is InChI=1S/C18H17ClO/c1-13(2)18(20)12-5-14-3-6-15(7-4-14)16-8-10-17(19)11-9-16/h3-4,6-11,13,18,20H,1-2H3. The van der Waals surface area contributed by atoms with Gasteiger partial charge in [0, 0.05) is 10.6 Å². The number of hydrogen-bond donors (Lipinski definition) is 1. The number of aliphatic hydroxyl groups is 1. The topological polar surface area (TPSA) is 20.2 Å². The van der Waals surface area contributed by atoms with Crippen molar-refractivity contribution < 1.29 is 5.11 Å². The third kappa shape index (κ3) is 3.87. The first-order chi connectivity index (χ1) is 9.56. The highest BCUT2D eigenvalue weighted by Gasteiger charge is 2.03. The van der Waals surface area contributed by atoms with Gasteiger partial charge in [0.15, 0.2) is 0 Å². The Morgan fingerprint density at radius 3 is 1.90 bits per heavy atom. The Morgan fingerprint density at radius 1 is 0.900 bits per heavy atom.